The minimum absolute atomic E-state index is 0.256. The van der Waals surface area contributed by atoms with Gasteiger partial charge in [0.1, 0.15) is 0 Å². The third kappa shape index (κ3) is 4.95. The Morgan fingerprint density at radius 3 is 2.65 bits per heavy atom. The lowest BCUT2D eigenvalue weighted by atomic mass is 10.0. The molecule has 0 aliphatic carbocycles. The van der Waals surface area contributed by atoms with Crippen molar-refractivity contribution in [3.8, 4) is 0 Å². The summed E-state index contributed by atoms with van der Waals surface area (Å²) in [6.45, 7) is 1.85. The molecule has 0 fully saturated rings. The SMILES string of the molecule is C/C(=C\C(=O)NCc1ccccn1)c1cccc(C(F)(F)F)c1. The van der Waals surface area contributed by atoms with Crippen molar-refractivity contribution in [3.63, 3.8) is 0 Å². The van der Waals surface area contributed by atoms with Gasteiger partial charge in [0, 0.05) is 12.3 Å². The van der Waals surface area contributed by atoms with Gasteiger partial charge in [0.25, 0.3) is 0 Å². The highest BCUT2D eigenvalue weighted by molar-refractivity contribution is 5.94. The van der Waals surface area contributed by atoms with Crippen molar-refractivity contribution in [2.24, 2.45) is 0 Å². The van der Waals surface area contributed by atoms with Crippen LogP contribution in [0.15, 0.2) is 54.7 Å². The van der Waals surface area contributed by atoms with E-state index in [1.165, 1.54) is 18.2 Å². The molecule has 1 amide bonds. The van der Waals surface area contributed by atoms with E-state index in [0.29, 0.717) is 16.8 Å². The fourth-order valence-electron chi connectivity index (χ4n) is 1.95. The van der Waals surface area contributed by atoms with E-state index in [0.717, 1.165) is 12.1 Å². The lowest BCUT2D eigenvalue weighted by molar-refractivity contribution is -0.137. The van der Waals surface area contributed by atoms with Gasteiger partial charge in [-0.15, -0.1) is 0 Å². The number of hydrogen-bond acceptors (Lipinski definition) is 2. The average molecular weight is 320 g/mol. The fourth-order valence-corrected chi connectivity index (χ4v) is 1.95. The van der Waals surface area contributed by atoms with Crippen LogP contribution in [0.3, 0.4) is 0 Å². The molecule has 6 heteroatoms. The summed E-state index contributed by atoms with van der Waals surface area (Å²) in [5.74, 6) is -0.384. The number of aromatic nitrogens is 1. The van der Waals surface area contributed by atoms with Gasteiger partial charge in [-0.05, 0) is 42.3 Å². The predicted octanol–water partition coefficient (Wildman–Crippen LogP) is 3.82. The molecule has 0 spiro atoms. The van der Waals surface area contributed by atoms with Gasteiger partial charge in [0.15, 0.2) is 0 Å². The number of alkyl halides is 3. The number of allylic oxidation sites excluding steroid dienone is 1. The number of amides is 1. The van der Waals surface area contributed by atoms with E-state index in [-0.39, 0.29) is 12.5 Å². The number of benzene rings is 1. The molecule has 0 aliphatic rings. The highest BCUT2D eigenvalue weighted by atomic mass is 19.4. The summed E-state index contributed by atoms with van der Waals surface area (Å²) >= 11 is 0. The molecule has 1 aromatic heterocycles. The van der Waals surface area contributed by atoms with E-state index in [9.17, 15) is 18.0 Å². The van der Waals surface area contributed by atoms with Crippen LogP contribution in [0.25, 0.3) is 5.57 Å². The summed E-state index contributed by atoms with van der Waals surface area (Å²) in [7, 11) is 0. The summed E-state index contributed by atoms with van der Waals surface area (Å²) in [6.07, 6.45) is -1.51. The van der Waals surface area contributed by atoms with Crippen molar-refractivity contribution < 1.29 is 18.0 Å². The van der Waals surface area contributed by atoms with E-state index < -0.39 is 11.7 Å². The first-order valence-electron chi connectivity index (χ1n) is 6.90. The van der Waals surface area contributed by atoms with Crippen molar-refractivity contribution in [3.05, 3.63) is 71.6 Å². The van der Waals surface area contributed by atoms with Gasteiger partial charge < -0.3 is 5.32 Å². The minimum atomic E-state index is -4.41. The minimum Gasteiger partial charge on any atom is -0.347 e. The second kappa shape index (κ2) is 7.09. The Morgan fingerprint density at radius 2 is 2.00 bits per heavy atom. The lowest BCUT2D eigenvalue weighted by Crippen LogP contribution is -2.21. The maximum absolute atomic E-state index is 12.7. The van der Waals surface area contributed by atoms with Crippen molar-refractivity contribution in [2.75, 3.05) is 0 Å². The Bertz CT molecular complexity index is 709. The normalized spacial score (nSPS) is 12.1. The Labute approximate surface area is 131 Å². The van der Waals surface area contributed by atoms with Crippen LogP contribution in [0.4, 0.5) is 13.2 Å². The molecule has 2 rings (SSSR count). The average Bonchev–Trinajstić information content (AvgIpc) is 2.53. The van der Waals surface area contributed by atoms with Crippen LogP contribution < -0.4 is 5.32 Å². The van der Waals surface area contributed by atoms with Crippen LogP contribution >= 0.6 is 0 Å². The highest BCUT2D eigenvalue weighted by Gasteiger charge is 2.30. The van der Waals surface area contributed by atoms with Crippen LogP contribution in [0.1, 0.15) is 23.7 Å². The summed E-state index contributed by atoms with van der Waals surface area (Å²) in [5, 5.41) is 2.64. The van der Waals surface area contributed by atoms with Gasteiger partial charge in [0.05, 0.1) is 17.8 Å². The molecule has 1 heterocycles. The van der Waals surface area contributed by atoms with Crippen LogP contribution in [0.2, 0.25) is 0 Å². The van der Waals surface area contributed by atoms with Crippen molar-refractivity contribution in [1.82, 2.24) is 10.3 Å². The Morgan fingerprint density at radius 1 is 1.22 bits per heavy atom. The van der Waals surface area contributed by atoms with Gasteiger partial charge in [-0.25, -0.2) is 0 Å². The molecule has 0 unspecified atom stereocenters. The zero-order valence-electron chi connectivity index (χ0n) is 12.4. The predicted molar refractivity (Wildman–Crippen MR) is 81.2 cm³/mol. The molecule has 0 aliphatic heterocycles. The third-order valence-electron chi connectivity index (χ3n) is 3.16. The van der Waals surface area contributed by atoms with Crippen LogP contribution in [-0.2, 0) is 17.5 Å². The molecule has 0 bridgehead atoms. The second-order valence-electron chi connectivity index (χ2n) is 4.94. The monoisotopic (exact) mass is 320 g/mol. The highest BCUT2D eigenvalue weighted by Crippen LogP contribution is 2.30. The first-order chi connectivity index (χ1) is 10.9. The molecule has 0 saturated carbocycles. The quantitative estimate of drug-likeness (QED) is 0.870. The molecular formula is C17H15F3N2O. The zero-order chi connectivity index (χ0) is 16.9. The number of rotatable bonds is 4. The number of carbonyl (C=O) groups excluding carboxylic acids is 1. The molecule has 0 radical (unpaired) electrons. The summed E-state index contributed by atoms with van der Waals surface area (Å²) < 4.78 is 38.1. The summed E-state index contributed by atoms with van der Waals surface area (Å²) in [5.41, 5.74) is 0.769. The van der Waals surface area contributed by atoms with Gasteiger partial charge in [-0.2, -0.15) is 13.2 Å². The van der Waals surface area contributed by atoms with Crippen LogP contribution in [-0.4, -0.2) is 10.9 Å². The number of halogens is 3. The number of nitrogens with one attached hydrogen (secondary N) is 1. The van der Waals surface area contributed by atoms with Gasteiger partial charge in [0.2, 0.25) is 5.91 Å². The molecule has 23 heavy (non-hydrogen) atoms. The number of nitrogens with zero attached hydrogens (tertiary/aromatic N) is 1. The summed E-state index contributed by atoms with van der Waals surface area (Å²) in [4.78, 5) is 15.9. The van der Waals surface area contributed by atoms with E-state index >= 15 is 0 Å². The van der Waals surface area contributed by atoms with Gasteiger partial charge >= 0.3 is 6.18 Å². The molecule has 0 saturated heterocycles. The molecule has 1 aromatic carbocycles. The molecule has 0 atom stereocenters. The third-order valence-corrected chi connectivity index (χ3v) is 3.16. The molecule has 120 valence electrons. The molecule has 3 nitrogen and oxygen atoms in total. The standard InChI is InChI=1S/C17H15F3N2O/c1-12(13-5-4-6-14(10-13)17(18,19)20)9-16(23)22-11-15-7-2-3-8-21-15/h2-10H,11H2,1H3,(H,22,23)/b12-9+. The van der Waals surface area contributed by atoms with E-state index in [4.69, 9.17) is 0 Å². The first-order valence-corrected chi connectivity index (χ1v) is 6.90. The van der Waals surface area contributed by atoms with Crippen LogP contribution in [0, 0.1) is 0 Å². The first kappa shape index (κ1) is 16.7. The second-order valence-corrected chi connectivity index (χ2v) is 4.94. The number of pyridine rings is 1. The largest absolute Gasteiger partial charge is 0.416 e. The smallest absolute Gasteiger partial charge is 0.347 e. The fraction of sp³-hybridized carbons (Fsp3) is 0.176. The van der Waals surface area contributed by atoms with E-state index in [1.54, 1.807) is 31.3 Å². The Kier molecular flexibility index (Phi) is 5.16. The number of hydrogen-bond donors (Lipinski definition) is 1. The van der Waals surface area contributed by atoms with E-state index in [2.05, 4.69) is 10.3 Å². The van der Waals surface area contributed by atoms with Gasteiger partial charge in [-0.3, -0.25) is 9.78 Å². The molecule has 2 aromatic rings. The molecule has 1 N–H and O–H groups in total. The zero-order valence-corrected chi connectivity index (χ0v) is 12.4. The lowest BCUT2D eigenvalue weighted by Gasteiger charge is -2.09. The van der Waals surface area contributed by atoms with Crippen LogP contribution in [0.5, 0.6) is 0 Å². The van der Waals surface area contributed by atoms with Crippen molar-refractivity contribution >= 4 is 11.5 Å². The Hall–Kier alpha value is -2.63. The van der Waals surface area contributed by atoms with Crippen molar-refractivity contribution in [2.45, 2.75) is 19.6 Å². The number of carbonyl (C=O) groups is 1. The van der Waals surface area contributed by atoms with Crippen molar-refractivity contribution in [1.29, 1.82) is 0 Å². The molecular weight excluding hydrogens is 305 g/mol. The van der Waals surface area contributed by atoms with Gasteiger partial charge in [-0.1, -0.05) is 18.2 Å². The maximum Gasteiger partial charge on any atom is 0.416 e. The Balaban J connectivity index is 2.05. The summed E-state index contributed by atoms with van der Waals surface area (Å²) in [6, 6.07) is 10.2. The topological polar surface area (TPSA) is 42.0 Å². The maximum atomic E-state index is 12.7. The van der Waals surface area contributed by atoms with E-state index in [1.807, 2.05) is 0 Å².